The fourth-order valence-corrected chi connectivity index (χ4v) is 3.30. The molecule has 1 aromatic carbocycles. The number of hydrogen-bond donors (Lipinski definition) is 1. The molecule has 0 aromatic heterocycles. The van der Waals surface area contributed by atoms with Gasteiger partial charge in [0.2, 0.25) is 0 Å². The van der Waals surface area contributed by atoms with Crippen molar-refractivity contribution >= 4 is 17.3 Å². The predicted molar refractivity (Wildman–Crippen MR) is 79.4 cm³/mol. The standard InChI is InChI=1S/C15H23ClN2/c1-11-6-12(2)10-18(9-11)15-5-4-13(8-17-3)7-14(15)16/h4-5,7,11-12,17H,6,8-10H2,1-3H3. The topological polar surface area (TPSA) is 15.3 Å². The number of piperidine rings is 1. The fourth-order valence-electron chi connectivity index (χ4n) is 2.98. The molecule has 0 bridgehead atoms. The van der Waals surface area contributed by atoms with Gasteiger partial charge in [0.25, 0.3) is 0 Å². The Bertz CT molecular complexity index is 395. The van der Waals surface area contributed by atoms with Crippen LogP contribution in [0.25, 0.3) is 0 Å². The molecule has 2 unspecified atom stereocenters. The van der Waals surface area contributed by atoms with E-state index in [0.29, 0.717) is 0 Å². The number of halogens is 1. The predicted octanol–water partition coefficient (Wildman–Crippen LogP) is 3.54. The Morgan fingerprint density at radius 1 is 1.28 bits per heavy atom. The zero-order chi connectivity index (χ0) is 13.1. The van der Waals surface area contributed by atoms with Gasteiger partial charge in [-0.1, -0.05) is 31.5 Å². The number of hydrogen-bond acceptors (Lipinski definition) is 2. The number of rotatable bonds is 3. The second kappa shape index (κ2) is 5.94. The first-order valence-corrected chi connectivity index (χ1v) is 7.16. The first kappa shape index (κ1) is 13.7. The Morgan fingerprint density at radius 2 is 1.94 bits per heavy atom. The Morgan fingerprint density at radius 3 is 2.50 bits per heavy atom. The summed E-state index contributed by atoms with van der Waals surface area (Å²) < 4.78 is 0. The van der Waals surface area contributed by atoms with Gasteiger partial charge in [0.05, 0.1) is 10.7 Å². The van der Waals surface area contributed by atoms with Gasteiger partial charge in [-0.25, -0.2) is 0 Å². The summed E-state index contributed by atoms with van der Waals surface area (Å²) in [5.74, 6) is 1.50. The van der Waals surface area contributed by atoms with Crippen molar-refractivity contribution in [3.05, 3.63) is 28.8 Å². The zero-order valence-electron chi connectivity index (χ0n) is 11.5. The molecular weight excluding hydrogens is 244 g/mol. The second-order valence-electron chi connectivity index (χ2n) is 5.67. The SMILES string of the molecule is CNCc1ccc(N2CC(C)CC(C)C2)c(Cl)c1. The summed E-state index contributed by atoms with van der Waals surface area (Å²) in [6.45, 7) is 7.76. The molecule has 18 heavy (non-hydrogen) atoms. The van der Waals surface area contributed by atoms with Gasteiger partial charge in [0.15, 0.2) is 0 Å². The van der Waals surface area contributed by atoms with Crippen LogP contribution in [0.4, 0.5) is 5.69 Å². The van der Waals surface area contributed by atoms with Gasteiger partial charge in [-0.3, -0.25) is 0 Å². The summed E-state index contributed by atoms with van der Waals surface area (Å²) in [4.78, 5) is 2.43. The fraction of sp³-hybridized carbons (Fsp3) is 0.600. The van der Waals surface area contributed by atoms with Crippen LogP contribution in [0.5, 0.6) is 0 Å². The van der Waals surface area contributed by atoms with Crippen LogP contribution in [0.2, 0.25) is 5.02 Å². The highest BCUT2D eigenvalue weighted by Crippen LogP contribution is 2.32. The van der Waals surface area contributed by atoms with Crippen LogP contribution in [-0.2, 0) is 6.54 Å². The average molecular weight is 267 g/mol. The molecule has 1 aliphatic rings. The van der Waals surface area contributed by atoms with Crippen molar-refractivity contribution in [2.24, 2.45) is 11.8 Å². The highest BCUT2D eigenvalue weighted by Gasteiger charge is 2.23. The minimum absolute atomic E-state index is 0.752. The van der Waals surface area contributed by atoms with E-state index in [4.69, 9.17) is 11.6 Å². The molecule has 1 fully saturated rings. The van der Waals surface area contributed by atoms with Gasteiger partial charge in [0.1, 0.15) is 0 Å². The lowest BCUT2D eigenvalue weighted by Crippen LogP contribution is -2.38. The molecule has 0 aliphatic carbocycles. The molecule has 0 radical (unpaired) electrons. The first-order valence-electron chi connectivity index (χ1n) is 6.78. The summed E-state index contributed by atoms with van der Waals surface area (Å²) in [6.07, 6.45) is 1.33. The Hall–Kier alpha value is -0.730. The smallest absolute Gasteiger partial charge is 0.0642 e. The third kappa shape index (κ3) is 3.18. The molecule has 1 N–H and O–H groups in total. The van der Waals surface area contributed by atoms with Gasteiger partial charge >= 0.3 is 0 Å². The van der Waals surface area contributed by atoms with Crippen molar-refractivity contribution in [1.82, 2.24) is 5.32 Å². The molecule has 1 aromatic rings. The largest absolute Gasteiger partial charge is 0.370 e. The third-order valence-corrected chi connectivity index (χ3v) is 3.91. The van der Waals surface area contributed by atoms with Gasteiger partial charge in [-0.15, -0.1) is 0 Å². The molecule has 2 rings (SSSR count). The van der Waals surface area contributed by atoms with Crippen LogP contribution in [0.15, 0.2) is 18.2 Å². The maximum Gasteiger partial charge on any atom is 0.0642 e. The van der Waals surface area contributed by atoms with Crippen molar-refractivity contribution < 1.29 is 0 Å². The van der Waals surface area contributed by atoms with E-state index in [0.717, 1.165) is 36.5 Å². The molecule has 100 valence electrons. The number of nitrogens with zero attached hydrogens (tertiary/aromatic N) is 1. The molecule has 1 heterocycles. The van der Waals surface area contributed by atoms with E-state index in [1.165, 1.54) is 17.7 Å². The van der Waals surface area contributed by atoms with Crippen molar-refractivity contribution in [3.63, 3.8) is 0 Å². The van der Waals surface area contributed by atoms with Gasteiger partial charge in [0, 0.05) is 19.6 Å². The highest BCUT2D eigenvalue weighted by molar-refractivity contribution is 6.33. The van der Waals surface area contributed by atoms with Crippen LogP contribution >= 0.6 is 11.6 Å². The average Bonchev–Trinajstić information content (AvgIpc) is 2.28. The van der Waals surface area contributed by atoms with E-state index >= 15 is 0 Å². The van der Waals surface area contributed by atoms with Crippen molar-refractivity contribution in [3.8, 4) is 0 Å². The molecule has 1 aliphatic heterocycles. The Labute approximate surface area is 115 Å². The van der Waals surface area contributed by atoms with Crippen molar-refractivity contribution in [2.45, 2.75) is 26.8 Å². The van der Waals surface area contributed by atoms with Crippen LogP contribution in [0.3, 0.4) is 0 Å². The molecule has 3 heteroatoms. The number of benzene rings is 1. The quantitative estimate of drug-likeness (QED) is 0.900. The zero-order valence-corrected chi connectivity index (χ0v) is 12.3. The van der Waals surface area contributed by atoms with E-state index in [-0.39, 0.29) is 0 Å². The minimum atomic E-state index is 0.752. The summed E-state index contributed by atoms with van der Waals surface area (Å²) in [5, 5.41) is 4.03. The molecule has 0 amide bonds. The van der Waals surface area contributed by atoms with E-state index in [2.05, 4.69) is 42.3 Å². The van der Waals surface area contributed by atoms with Crippen LogP contribution in [0.1, 0.15) is 25.8 Å². The van der Waals surface area contributed by atoms with E-state index in [9.17, 15) is 0 Å². The lowest BCUT2D eigenvalue weighted by Gasteiger charge is -2.37. The lowest BCUT2D eigenvalue weighted by molar-refractivity contribution is 0.357. The Kier molecular flexibility index (Phi) is 4.52. The van der Waals surface area contributed by atoms with Gasteiger partial charge in [-0.05, 0) is 43.0 Å². The number of anilines is 1. The van der Waals surface area contributed by atoms with Crippen LogP contribution < -0.4 is 10.2 Å². The molecule has 0 spiro atoms. The highest BCUT2D eigenvalue weighted by atomic mass is 35.5. The van der Waals surface area contributed by atoms with Crippen LogP contribution in [-0.4, -0.2) is 20.1 Å². The maximum atomic E-state index is 6.42. The summed E-state index contributed by atoms with van der Waals surface area (Å²) in [5.41, 5.74) is 2.43. The maximum absolute atomic E-state index is 6.42. The normalized spacial score (nSPS) is 24.3. The van der Waals surface area contributed by atoms with E-state index in [1.54, 1.807) is 0 Å². The number of nitrogens with one attached hydrogen (secondary N) is 1. The monoisotopic (exact) mass is 266 g/mol. The summed E-state index contributed by atoms with van der Waals surface area (Å²) >= 11 is 6.42. The molecular formula is C15H23ClN2. The van der Waals surface area contributed by atoms with Crippen LogP contribution in [0, 0.1) is 11.8 Å². The van der Waals surface area contributed by atoms with Gasteiger partial charge < -0.3 is 10.2 Å². The van der Waals surface area contributed by atoms with Crippen molar-refractivity contribution in [2.75, 3.05) is 25.0 Å². The van der Waals surface area contributed by atoms with E-state index in [1.807, 2.05) is 7.05 Å². The molecule has 1 saturated heterocycles. The third-order valence-electron chi connectivity index (χ3n) is 3.60. The summed E-state index contributed by atoms with van der Waals surface area (Å²) in [6, 6.07) is 6.42. The summed E-state index contributed by atoms with van der Waals surface area (Å²) in [7, 11) is 1.95. The lowest BCUT2D eigenvalue weighted by atomic mass is 9.91. The van der Waals surface area contributed by atoms with E-state index < -0.39 is 0 Å². The first-order chi connectivity index (χ1) is 8.60. The molecule has 2 atom stereocenters. The Balaban J connectivity index is 2.17. The van der Waals surface area contributed by atoms with Gasteiger partial charge in [-0.2, -0.15) is 0 Å². The van der Waals surface area contributed by atoms with Crippen molar-refractivity contribution in [1.29, 1.82) is 0 Å². The second-order valence-corrected chi connectivity index (χ2v) is 6.07. The minimum Gasteiger partial charge on any atom is -0.370 e. The molecule has 2 nitrogen and oxygen atoms in total. The molecule has 0 saturated carbocycles.